The molecule has 0 saturated carbocycles. The molecule has 0 bridgehead atoms. The number of likely N-dealkylation sites (tertiary alicyclic amines) is 1. The molecule has 1 aliphatic heterocycles. The van der Waals surface area contributed by atoms with Crippen LogP contribution >= 0.6 is 0 Å². The normalized spacial score (nSPS) is 24.9. The molecule has 0 aliphatic carbocycles. The number of nitrogens with one attached hydrogen (secondary N) is 1. The smallest absolute Gasteiger partial charge is 0.0586 e. The molecule has 1 saturated heterocycles. The van der Waals surface area contributed by atoms with Crippen molar-refractivity contribution in [3.05, 3.63) is 0 Å². The van der Waals surface area contributed by atoms with Crippen molar-refractivity contribution in [3.63, 3.8) is 0 Å². The van der Waals surface area contributed by atoms with E-state index in [1.165, 1.54) is 19.3 Å². The van der Waals surface area contributed by atoms with Gasteiger partial charge in [-0.2, -0.15) is 0 Å². The summed E-state index contributed by atoms with van der Waals surface area (Å²) in [6, 6.07) is 0.424. The van der Waals surface area contributed by atoms with E-state index in [9.17, 15) is 0 Å². The fraction of sp³-hybridized carbons (Fsp3) is 1.00. The molecular weight excluding hydrogens is 164 g/mol. The number of rotatable bonds is 5. The van der Waals surface area contributed by atoms with Gasteiger partial charge in [0.25, 0.3) is 0 Å². The van der Waals surface area contributed by atoms with Gasteiger partial charge in [-0.1, -0.05) is 13.3 Å². The first-order chi connectivity index (χ1) is 6.38. The standard InChI is InChI=1S/C10H22N2O/c1-2-11-6-8-12-7-4-3-5-10(12)9-13/h10-11,13H,2-9H2,1H3. The minimum absolute atomic E-state index is 0.326. The Kier molecular flexibility index (Phi) is 5.35. The molecule has 1 rings (SSSR count). The average molecular weight is 186 g/mol. The molecule has 0 aromatic carbocycles. The molecule has 0 radical (unpaired) electrons. The van der Waals surface area contributed by atoms with Crippen LogP contribution in [0.2, 0.25) is 0 Å². The summed E-state index contributed by atoms with van der Waals surface area (Å²) in [5.74, 6) is 0. The number of piperidine rings is 1. The zero-order valence-electron chi connectivity index (χ0n) is 8.63. The number of nitrogens with zero attached hydrogens (tertiary/aromatic N) is 1. The minimum atomic E-state index is 0.326. The maximum atomic E-state index is 9.16. The van der Waals surface area contributed by atoms with Gasteiger partial charge in [0.2, 0.25) is 0 Å². The van der Waals surface area contributed by atoms with E-state index in [0.29, 0.717) is 12.6 Å². The van der Waals surface area contributed by atoms with E-state index in [1.54, 1.807) is 0 Å². The Hall–Kier alpha value is -0.120. The molecule has 3 heteroatoms. The second kappa shape index (κ2) is 6.35. The van der Waals surface area contributed by atoms with Gasteiger partial charge < -0.3 is 10.4 Å². The quantitative estimate of drug-likeness (QED) is 0.612. The molecule has 0 aromatic heterocycles. The third-order valence-electron chi connectivity index (χ3n) is 2.79. The summed E-state index contributed by atoms with van der Waals surface area (Å²) in [7, 11) is 0. The fourth-order valence-electron chi connectivity index (χ4n) is 1.96. The molecule has 1 atom stereocenters. The molecule has 0 amide bonds. The zero-order valence-corrected chi connectivity index (χ0v) is 8.63. The molecule has 78 valence electrons. The van der Waals surface area contributed by atoms with Crippen LogP contribution in [0.5, 0.6) is 0 Å². The summed E-state index contributed by atoms with van der Waals surface area (Å²) in [4.78, 5) is 2.41. The van der Waals surface area contributed by atoms with Crippen molar-refractivity contribution in [2.45, 2.75) is 32.2 Å². The van der Waals surface area contributed by atoms with Crippen molar-refractivity contribution in [2.75, 3.05) is 32.8 Å². The van der Waals surface area contributed by atoms with Crippen LogP contribution in [0.15, 0.2) is 0 Å². The van der Waals surface area contributed by atoms with Gasteiger partial charge in [0.05, 0.1) is 6.61 Å². The number of aliphatic hydroxyl groups is 1. The monoisotopic (exact) mass is 186 g/mol. The number of hydrogen-bond acceptors (Lipinski definition) is 3. The highest BCUT2D eigenvalue weighted by Gasteiger charge is 2.20. The van der Waals surface area contributed by atoms with Crippen LogP contribution in [0, 0.1) is 0 Å². The van der Waals surface area contributed by atoms with Gasteiger partial charge >= 0.3 is 0 Å². The Labute approximate surface area is 81.1 Å². The van der Waals surface area contributed by atoms with Crippen LogP contribution in [0.3, 0.4) is 0 Å². The predicted octanol–water partition coefficient (Wildman–Crippen LogP) is 0.443. The van der Waals surface area contributed by atoms with Gasteiger partial charge in [-0.25, -0.2) is 0 Å². The topological polar surface area (TPSA) is 35.5 Å². The van der Waals surface area contributed by atoms with Crippen LogP contribution in [0.4, 0.5) is 0 Å². The summed E-state index contributed by atoms with van der Waals surface area (Å²) in [6.07, 6.45) is 3.74. The van der Waals surface area contributed by atoms with Gasteiger partial charge in [0.15, 0.2) is 0 Å². The van der Waals surface area contributed by atoms with Crippen molar-refractivity contribution < 1.29 is 5.11 Å². The van der Waals surface area contributed by atoms with E-state index in [1.807, 2.05) is 0 Å². The molecule has 1 unspecified atom stereocenters. The lowest BCUT2D eigenvalue weighted by Gasteiger charge is -2.34. The SMILES string of the molecule is CCNCCN1CCCCC1CO. The van der Waals surface area contributed by atoms with E-state index in [2.05, 4.69) is 17.1 Å². The first kappa shape index (κ1) is 11.0. The lowest BCUT2D eigenvalue weighted by molar-refractivity contribution is 0.0912. The summed E-state index contributed by atoms with van der Waals surface area (Å²) in [5.41, 5.74) is 0. The summed E-state index contributed by atoms with van der Waals surface area (Å²) < 4.78 is 0. The van der Waals surface area contributed by atoms with E-state index in [0.717, 1.165) is 26.2 Å². The van der Waals surface area contributed by atoms with Gasteiger partial charge in [0, 0.05) is 19.1 Å². The van der Waals surface area contributed by atoms with Gasteiger partial charge in [-0.15, -0.1) is 0 Å². The lowest BCUT2D eigenvalue weighted by atomic mass is 10.0. The molecule has 2 N–H and O–H groups in total. The highest BCUT2D eigenvalue weighted by molar-refractivity contribution is 4.76. The van der Waals surface area contributed by atoms with Gasteiger partial charge in [-0.05, 0) is 25.9 Å². The second-order valence-electron chi connectivity index (χ2n) is 3.72. The van der Waals surface area contributed by atoms with Crippen LogP contribution in [0.25, 0.3) is 0 Å². The van der Waals surface area contributed by atoms with Gasteiger partial charge in [-0.3, -0.25) is 4.90 Å². The van der Waals surface area contributed by atoms with Crippen LogP contribution in [-0.2, 0) is 0 Å². The largest absolute Gasteiger partial charge is 0.395 e. The molecule has 3 nitrogen and oxygen atoms in total. The third kappa shape index (κ3) is 3.63. The summed E-state index contributed by atoms with van der Waals surface area (Å²) in [6.45, 7) is 6.78. The molecule has 1 fully saturated rings. The van der Waals surface area contributed by atoms with Crippen molar-refractivity contribution in [1.82, 2.24) is 10.2 Å². The third-order valence-corrected chi connectivity index (χ3v) is 2.79. The molecule has 0 spiro atoms. The Morgan fingerprint density at radius 1 is 1.46 bits per heavy atom. The lowest BCUT2D eigenvalue weighted by Crippen LogP contribution is -2.44. The Morgan fingerprint density at radius 3 is 3.00 bits per heavy atom. The fourth-order valence-corrected chi connectivity index (χ4v) is 1.96. The first-order valence-electron chi connectivity index (χ1n) is 5.44. The average Bonchev–Trinajstić information content (AvgIpc) is 2.19. The number of hydrogen-bond donors (Lipinski definition) is 2. The minimum Gasteiger partial charge on any atom is -0.395 e. The van der Waals surface area contributed by atoms with Crippen LogP contribution in [-0.4, -0.2) is 48.8 Å². The highest BCUT2D eigenvalue weighted by Crippen LogP contribution is 2.15. The zero-order chi connectivity index (χ0) is 9.52. The number of aliphatic hydroxyl groups excluding tert-OH is 1. The highest BCUT2D eigenvalue weighted by atomic mass is 16.3. The van der Waals surface area contributed by atoms with E-state index < -0.39 is 0 Å². The van der Waals surface area contributed by atoms with Crippen molar-refractivity contribution in [3.8, 4) is 0 Å². The summed E-state index contributed by atoms with van der Waals surface area (Å²) in [5, 5.41) is 12.5. The van der Waals surface area contributed by atoms with Crippen molar-refractivity contribution >= 4 is 0 Å². The molecular formula is C10H22N2O. The summed E-state index contributed by atoms with van der Waals surface area (Å²) >= 11 is 0. The maximum absolute atomic E-state index is 9.16. The molecule has 1 aliphatic rings. The number of likely N-dealkylation sites (N-methyl/N-ethyl adjacent to an activating group) is 1. The van der Waals surface area contributed by atoms with Gasteiger partial charge in [0.1, 0.15) is 0 Å². The van der Waals surface area contributed by atoms with Crippen LogP contribution in [0.1, 0.15) is 26.2 Å². The van der Waals surface area contributed by atoms with Crippen molar-refractivity contribution in [1.29, 1.82) is 0 Å². The van der Waals surface area contributed by atoms with E-state index >= 15 is 0 Å². The molecule has 0 aromatic rings. The second-order valence-corrected chi connectivity index (χ2v) is 3.72. The molecule has 13 heavy (non-hydrogen) atoms. The van der Waals surface area contributed by atoms with Crippen LogP contribution < -0.4 is 5.32 Å². The molecule has 1 heterocycles. The Morgan fingerprint density at radius 2 is 2.31 bits per heavy atom. The first-order valence-corrected chi connectivity index (χ1v) is 5.44. The van der Waals surface area contributed by atoms with E-state index in [-0.39, 0.29) is 0 Å². The Balaban J connectivity index is 2.19. The predicted molar refractivity (Wildman–Crippen MR) is 54.8 cm³/mol. The maximum Gasteiger partial charge on any atom is 0.0586 e. The Bertz CT molecular complexity index is 130. The van der Waals surface area contributed by atoms with E-state index in [4.69, 9.17) is 5.11 Å². The van der Waals surface area contributed by atoms with Crippen molar-refractivity contribution in [2.24, 2.45) is 0 Å².